The summed E-state index contributed by atoms with van der Waals surface area (Å²) in [7, 11) is 0. The molecule has 4 aromatic rings. The molecule has 0 fully saturated rings. The zero-order chi connectivity index (χ0) is 23.8. The average molecular weight is 510 g/mol. The van der Waals surface area contributed by atoms with Gasteiger partial charge >= 0.3 is 5.97 Å². The van der Waals surface area contributed by atoms with Crippen LogP contribution in [0.15, 0.2) is 71.9 Å². The summed E-state index contributed by atoms with van der Waals surface area (Å²) in [6, 6.07) is 17.2. The summed E-state index contributed by atoms with van der Waals surface area (Å²) >= 11 is 19.4. The number of aromatic nitrogens is 2. The Morgan fingerprint density at radius 1 is 0.941 bits per heavy atom. The van der Waals surface area contributed by atoms with E-state index in [2.05, 4.69) is 10.3 Å². The van der Waals surface area contributed by atoms with Crippen LogP contribution in [-0.4, -0.2) is 26.8 Å². The zero-order valence-electron chi connectivity index (χ0n) is 17.4. The molecule has 0 bridgehead atoms. The van der Waals surface area contributed by atoms with Gasteiger partial charge in [-0.2, -0.15) is 0 Å². The fourth-order valence-electron chi connectivity index (χ4n) is 3.75. The topological polar surface area (TPSA) is 87.5 Å². The van der Waals surface area contributed by atoms with Gasteiger partial charge in [0.2, 0.25) is 5.95 Å². The minimum atomic E-state index is -0.988. The van der Waals surface area contributed by atoms with Crippen molar-refractivity contribution in [3.05, 3.63) is 104 Å². The number of halogens is 3. The molecule has 0 unspecified atom stereocenters. The largest absolute Gasteiger partial charge is 0.478 e. The molecule has 0 spiro atoms. The van der Waals surface area contributed by atoms with Gasteiger partial charge in [0.05, 0.1) is 33.6 Å². The number of rotatable bonds is 4. The van der Waals surface area contributed by atoms with Gasteiger partial charge in [-0.15, -0.1) is 0 Å². The molecule has 168 valence electrons. The van der Waals surface area contributed by atoms with E-state index in [1.54, 1.807) is 42.6 Å². The highest BCUT2D eigenvalue weighted by atomic mass is 35.5. The van der Waals surface area contributed by atoms with Gasteiger partial charge < -0.3 is 10.4 Å². The number of anilines is 2. The Hall–Kier alpha value is -3.45. The molecule has 9 heteroatoms. The average Bonchev–Trinajstić information content (AvgIpc) is 2.96. The van der Waals surface area contributed by atoms with Crippen LogP contribution in [0, 0.1) is 0 Å². The molecule has 0 radical (unpaired) electrons. The lowest BCUT2D eigenvalue weighted by Crippen LogP contribution is -2.07. The highest BCUT2D eigenvalue weighted by molar-refractivity contribution is 6.42. The molecule has 1 aliphatic heterocycles. The van der Waals surface area contributed by atoms with Gasteiger partial charge in [-0.1, -0.05) is 46.9 Å². The lowest BCUT2D eigenvalue weighted by atomic mass is 9.95. The maximum Gasteiger partial charge on any atom is 0.335 e. The molecule has 0 saturated heterocycles. The number of nitrogens with zero attached hydrogens (tertiary/aromatic N) is 3. The van der Waals surface area contributed by atoms with Crippen molar-refractivity contribution in [1.29, 1.82) is 0 Å². The van der Waals surface area contributed by atoms with Gasteiger partial charge in [0, 0.05) is 39.2 Å². The number of benzene rings is 3. The summed E-state index contributed by atoms with van der Waals surface area (Å²) in [5.41, 5.74) is 5.23. The Bertz CT molecular complexity index is 1450. The minimum Gasteiger partial charge on any atom is -0.478 e. The van der Waals surface area contributed by atoms with Gasteiger partial charge in [-0.3, -0.25) is 4.99 Å². The van der Waals surface area contributed by atoms with Gasteiger partial charge in [0.25, 0.3) is 0 Å². The third kappa shape index (κ3) is 4.23. The second kappa shape index (κ2) is 9.06. The number of carboxylic acids is 1. The summed E-state index contributed by atoms with van der Waals surface area (Å²) in [4.78, 5) is 25.1. The fraction of sp³-hybridized carbons (Fsp3) is 0.0400. The van der Waals surface area contributed by atoms with Crippen LogP contribution in [0.3, 0.4) is 0 Å². The number of hydrogen-bond donors (Lipinski definition) is 2. The van der Waals surface area contributed by atoms with Gasteiger partial charge in [-0.05, 0) is 48.5 Å². The molecule has 0 atom stereocenters. The van der Waals surface area contributed by atoms with Crippen LogP contribution in [0.5, 0.6) is 0 Å². The molecule has 1 aromatic heterocycles. The first-order chi connectivity index (χ1) is 16.4. The molecular weight excluding hydrogens is 495 g/mol. The predicted molar refractivity (Wildman–Crippen MR) is 135 cm³/mol. The van der Waals surface area contributed by atoms with Gasteiger partial charge in [-0.25, -0.2) is 14.8 Å². The Kier molecular flexibility index (Phi) is 5.96. The second-order valence-electron chi connectivity index (χ2n) is 7.53. The molecule has 0 aliphatic carbocycles. The van der Waals surface area contributed by atoms with Crippen molar-refractivity contribution in [1.82, 2.24) is 9.97 Å². The van der Waals surface area contributed by atoms with Crippen molar-refractivity contribution in [3.8, 4) is 11.3 Å². The Morgan fingerprint density at radius 3 is 2.38 bits per heavy atom. The molecule has 5 rings (SSSR count). The summed E-state index contributed by atoms with van der Waals surface area (Å²) in [6.45, 7) is 0.326. The predicted octanol–water partition coefficient (Wildman–Crippen LogP) is 6.90. The van der Waals surface area contributed by atoms with Crippen LogP contribution in [0.4, 0.5) is 11.6 Å². The summed E-state index contributed by atoms with van der Waals surface area (Å²) in [6.07, 6.45) is 1.72. The van der Waals surface area contributed by atoms with Crippen molar-refractivity contribution in [3.63, 3.8) is 0 Å². The number of fused-ring (bicyclic) bond motifs is 3. The number of aliphatic imine (C=N–C) groups is 1. The van der Waals surface area contributed by atoms with Crippen molar-refractivity contribution in [2.75, 3.05) is 5.32 Å². The van der Waals surface area contributed by atoms with E-state index in [0.717, 1.165) is 16.7 Å². The maximum absolute atomic E-state index is 11.1. The molecule has 2 heterocycles. The van der Waals surface area contributed by atoms with E-state index in [9.17, 15) is 4.79 Å². The molecule has 0 saturated carbocycles. The molecule has 34 heavy (non-hydrogen) atoms. The van der Waals surface area contributed by atoms with Crippen LogP contribution in [-0.2, 0) is 6.54 Å². The van der Waals surface area contributed by atoms with Crippen LogP contribution in [0.1, 0.15) is 27.0 Å². The van der Waals surface area contributed by atoms with Crippen molar-refractivity contribution in [2.45, 2.75) is 6.54 Å². The van der Waals surface area contributed by atoms with Gasteiger partial charge in [0.1, 0.15) is 0 Å². The quantitative estimate of drug-likeness (QED) is 0.312. The molecule has 6 nitrogen and oxygen atoms in total. The van der Waals surface area contributed by atoms with Gasteiger partial charge in [0.15, 0.2) is 0 Å². The first-order valence-electron chi connectivity index (χ1n) is 10.2. The second-order valence-corrected chi connectivity index (χ2v) is 8.78. The number of carboxylic acid groups (broad SMARTS) is 1. The summed E-state index contributed by atoms with van der Waals surface area (Å²) < 4.78 is 0. The smallest absolute Gasteiger partial charge is 0.335 e. The Morgan fingerprint density at radius 2 is 1.68 bits per heavy atom. The number of aromatic carboxylic acids is 1. The normalized spacial score (nSPS) is 12.3. The van der Waals surface area contributed by atoms with E-state index in [1.165, 1.54) is 12.1 Å². The van der Waals surface area contributed by atoms with E-state index >= 15 is 0 Å². The van der Waals surface area contributed by atoms with Crippen molar-refractivity contribution in [2.24, 2.45) is 4.99 Å². The minimum absolute atomic E-state index is 0.196. The highest BCUT2D eigenvalue weighted by Gasteiger charge is 2.24. The number of carbonyl (C=O) groups is 1. The van der Waals surface area contributed by atoms with Crippen LogP contribution in [0.2, 0.25) is 15.1 Å². The molecule has 0 amide bonds. The van der Waals surface area contributed by atoms with Crippen LogP contribution in [0.25, 0.3) is 11.3 Å². The van der Waals surface area contributed by atoms with E-state index in [4.69, 9.17) is 49.9 Å². The lowest BCUT2D eigenvalue weighted by molar-refractivity contribution is 0.0697. The first-order valence-corrected chi connectivity index (χ1v) is 11.3. The SMILES string of the molecule is O=C(O)c1ccc(Nc2ncc3c(n2)-c2ccc(Cl)cc2C(c2c(Cl)cccc2Cl)=NC3)cc1. The third-order valence-corrected chi connectivity index (χ3v) is 6.22. The lowest BCUT2D eigenvalue weighted by Gasteiger charge is -2.14. The van der Waals surface area contributed by atoms with Crippen molar-refractivity contribution < 1.29 is 9.90 Å². The first kappa shape index (κ1) is 22.3. The fourth-order valence-corrected chi connectivity index (χ4v) is 4.50. The summed E-state index contributed by atoms with van der Waals surface area (Å²) in [5, 5.41) is 13.7. The summed E-state index contributed by atoms with van der Waals surface area (Å²) in [5.74, 6) is -0.625. The molecule has 2 N–H and O–H groups in total. The third-order valence-electron chi connectivity index (χ3n) is 5.35. The maximum atomic E-state index is 11.1. The standard InChI is InChI=1S/C25H15Cl3N4O2/c26-15-6-9-17-18(10-15)23(21-19(27)2-1-3-20(21)28)29-11-14-12-30-25(32-22(14)17)31-16-7-4-13(5-8-16)24(33)34/h1-10,12H,11H2,(H,33,34)(H,30,31,32). The molecule has 1 aliphatic rings. The Balaban J connectivity index is 1.59. The van der Waals surface area contributed by atoms with E-state index in [1.807, 2.05) is 12.1 Å². The molecular formula is C25H15Cl3N4O2. The van der Waals surface area contributed by atoms with Crippen LogP contribution < -0.4 is 5.32 Å². The Labute approximate surface area is 209 Å². The van der Waals surface area contributed by atoms with Crippen molar-refractivity contribution >= 4 is 58.1 Å². The zero-order valence-corrected chi connectivity index (χ0v) is 19.7. The number of nitrogens with one attached hydrogen (secondary N) is 1. The van der Waals surface area contributed by atoms with E-state index in [-0.39, 0.29) is 5.56 Å². The van der Waals surface area contributed by atoms with Crippen LogP contribution >= 0.6 is 34.8 Å². The van der Waals surface area contributed by atoms with E-state index in [0.29, 0.717) is 50.2 Å². The highest BCUT2D eigenvalue weighted by Crippen LogP contribution is 2.36. The monoisotopic (exact) mass is 508 g/mol. The number of hydrogen-bond acceptors (Lipinski definition) is 5. The molecule has 3 aromatic carbocycles. The van der Waals surface area contributed by atoms with E-state index < -0.39 is 5.97 Å².